The Morgan fingerprint density at radius 1 is 1.12 bits per heavy atom. The molecule has 0 saturated carbocycles. The third kappa shape index (κ3) is 3.64. The van der Waals surface area contributed by atoms with Crippen LogP contribution in [0, 0.1) is 0 Å². The Morgan fingerprint density at radius 2 is 2.00 bits per heavy atom. The summed E-state index contributed by atoms with van der Waals surface area (Å²) in [6.07, 6.45) is 6.39. The number of carbonyl (C=O) groups excluding carboxylic acids is 1. The molecule has 6 heteroatoms. The van der Waals surface area contributed by atoms with E-state index in [2.05, 4.69) is 37.2 Å². The zero-order chi connectivity index (χ0) is 17.8. The molecule has 0 aliphatic carbocycles. The summed E-state index contributed by atoms with van der Waals surface area (Å²) in [4.78, 5) is 16.4. The van der Waals surface area contributed by atoms with Crippen LogP contribution in [0.15, 0.2) is 54.9 Å². The van der Waals surface area contributed by atoms with E-state index in [1.54, 1.807) is 12.4 Å². The number of pyridine rings is 1. The molecule has 0 spiro atoms. The van der Waals surface area contributed by atoms with Crippen molar-refractivity contribution in [2.45, 2.75) is 38.3 Å². The molecule has 132 valence electrons. The molecule has 1 atom stereocenters. The summed E-state index contributed by atoms with van der Waals surface area (Å²) in [5.41, 5.74) is 2.01. The predicted molar refractivity (Wildman–Crippen MR) is 98.3 cm³/mol. The first-order chi connectivity index (χ1) is 12.8. The molecule has 3 heterocycles. The largest absolute Gasteiger partial charge is 0.353 e. The van der Waals surface area contributed by atoms with Crippen molar-refractivity contribution in [2.24, 2.45) is 0 Å². The van der Waals surface area contributed by atoms with Crippen molar-refractivity contribution in [1.82, 2.24) is 25.1 Å². The van der Waals surface area contributed by atoms with Gasteiger partial charge in [-0.1, -0.05) is 36.4 Å². The zero-order valence-electron chi connectivity index (χ0n) is 14.5. The summed E-state index contributed by atoms with van der Waals surface area (Å²) < 4.78 is 2.18. The molecule has 1 aliphatic rings. The van der Waals surface area contributed by atoms with Gasteiger partial charge in [-0.3, -0.25) is 9.78 Å². The summed E-state index contributed by atoms with van der Waals surface area (Å²) in [5, 5.41) is 11.9. The van der Waals surface area contributed by atoms with Gasteiger partial charge in [0, 0.05) is 37.0 Å². The number of rotatable bonds is 4. The lowest BCUT2D eigenvalue weighted by molar-refractivity contribution is -0.121. The third-order valence-corrected chi connectivity index (χ3v) is 4.73. The number of aryl methyl sites for hydroxylation is 1. The Kier molecular flexibility index (Phi) is 4.73. The van der Waals surface area contributed by atoms with Gasteiger partial charge in [0.1, 0.15) is 5.82 Å². The molecule has 0 fully saturated rings. The molecule has 1 amide bonds. The number of nitrogens with one attached hydrogen (secondary N) is 1. The van der Waals surface area contributed by atoms with E-state index in [1.807, 2.05) is 30.3 Å². The predicted octanol–water partition coefficient (Wildman–Crippen LogP) is 2.40. The van der Waals surface area contributed by atoms with E-state index in [0.717, 1.165) is 48.6 Å². The Balaban J connectivity index is 1.41. The average molecular weight is 347 g/mol. The van der Waals surface area contributed by atoms with Crippen LogP contribution in [0.1, 0.15) is 24.2 Å². The highest BCUT2D eigenvalue weighted by Gasteiger charge is 2.22. The van der Waals surface area contributed by atoms with Crippen molar-refractivity contribution >= 4 is 5.91 Å². The maximum Gasteiger partial charge on any atom is 0.224 e. The average Bonchev–Trinajstić information content (AvgIpc) is 2.98. The van der Waals surface area contributed by atoms with Crippen molar-refractivity contribution in [3.63, 3.8) is 0 Å². The summed E-state index contributed by atoms with van der Waals surface area (Å²) >= 11 is 0. The van der Waals surface area contributed by atoms with E-state index in [9.17, 15) is 4.79 Å². The van der Waals surface area contributed by atoms with E-state index in [0.29, 0.717) is 6.42 Å². The lowest BCUT2D eigenvalue weighted by Gasteiger charge is -2.16. The van der Waals surface area contributed by atoms with Crippen LogP contribution in [0.5, 0.6) is 0 Å². The van der Waals surface area contributed by atoms with Crippen LogP contribution >= 0.6 is 0 Å². The van der Waals surface area contributed by atoms with Gasteiger partial charge in [0.2, 0.25) is 5.91 Å². The molecular formula is C20H21N5O. The monoisotopic (exact) mass is 347 g/mol. The van der Waals surface area contributed by atoms with Crippen LogP contribution in [0.25, 0.3) is 11.4 Å². The van der Waals surface area contributed by atoms with Crippen molar-refractivity contribution < 1.29 is 4.79 Å². The fourth-order valence-electron chi connectivity index (χ4n) is 3.40. The number of aromatic nitrogens is 4. The second-order valence-electron chi connectivity index (χ2n) is 6.59. The number of hydrogen-bond acceptors (Lipinski definition) is 4. The molecule has 26 heavy (non-hydrogen) atoms. The number of fused-ring (bicyclic) bond motifs is 1. The molecule has 3 aromatic rings. The molecule has 1 aromatic carbocycles. The minimum absolute atomic E-state index is 0.0453. The summed E-state index contributed by atoms with van der Waals surface area (Å²) in [5.74, 6) is 1.94. The minimum Gasteiger partial charge on any atom is -0.353 e. The molecule has 0 saturated heterocycles. The third-order valence-electron chi connectivity index (χ3n) is 4.73. The summed E-state index contributed by atoms with van der Waals surface area (Å²) in [6, 6.07) is 14.1. The Hall–Kier alpha value is -3.02. The van der Waals surface area contributed by atoms with Gasteiger partial charge in [-0.25, -0.2) is 0 Å². The highest BCUT2D eigenvalue weighted by atomic mass is 16.1. The van der Waals surface area contributed by atoms with E-state index in [4.69, 9.17) is 0 Å². The molecule has 0 bridgehead atoms. The first kappa shape index (κ1) is 16.4. The van der Waals surface area contributed by atoms with Crippen LogP contribution in [0.4, 0.5) is 0 Å². The second-order valence-corrected chi connectivity index (χ2v) is 6.59. The zero-order valence-corrected chi connectivity index (χ0v) is 14.5. The second kappa shape index (κ2) is 7.47. The van der Waals surface area contributed by atoms with Crippen LogP contribution in [-0.4, -0.2) is 31.7 Å². The van der Waals surface area contributed by atoms with Gasteiger partial charge < -0.3 is 9.88 Å². The number of carbonyl (C=O) groups is 1. The lowest BCUT2D eigenvalue weighted by Crippen LogP contribution is -2.36. The smallest absolute Gasteiger partial charge is 0.224 e. The van der Waals surface area contributed by atoms with Crippen LogP contribution < -0.4 is 5.32 Å². The van der Waals surface area contributed by atoms with Gasteiger partial charge in [0.15, 0.2) is 5.82 Å². The molecule has 6 nitrogen and oxygen atoms in total. The van der Waals surface area contributed by atoms with Gasteiger partial charge in [0.05, 0.1) is 6.42 Å². The highest BCUT2D eigenvalue weighted by Crippen LogP contribution is 2.22. The Labute approximate surface area is 152 Å². The molecule has 4 rings (SSSR count). The Morgan fingerprint density at radius 3 is 2.81 bits per heavy atom. The Bertz CT molecular complexity index is 876. The normalized spacial score (nSPS) is 16.5. The van der Waals surface area contributed by atoms with E-state index < -0.39 is 0 Å². The van der Waals surface area contributed by atoms with Gasteiger partial charge in [-0.05, 0) is 24.5 Å². The quantitative estimate of drug-likeness (QED) is 0.787. The van der Waals surface area contributed by atoms with Crippen molar-refractivity contribution in [3.8, 4) is 11.4 Å². The van der Waals surface area contributed by atoms with Crippen LogP contribution in [0.3, 0.4) is 0 Å². The summed E-state index contributed by atoms with van der Waals surface area (Å²) in [7, 11) is 0. The van der Waals surface area contributed by atoms with Crippen LogP contribution in [0.2, 0.25) is 0 Å². The number of nitrogens with zero attached hydrogens (tertiary/aromatic N) is 4. The van der Waals surface area contributed by atoms with E-state index in [1.165, 1.54) is 0 Å². The molecule has 2 aromatic heterocycles. The molecule has 0 radical (unpaired) electrons. The molecular weight excluding hydrogens is 326 g/mol. The topological polar surface area (TPSA) is 72.7 Å². The van der Waals surface area contributed by atoms with E-state index in [-0.39, 0.29) is 11.9 Å². The maximum absolute atomic E-state index is 12.3. The first-order valence-corrected chi connectivity index (χ1v) is 8.95. The SMILES string of the molecule is O=C(Cc1cccnc1)NC1CCc2nnc(-c3ccccc3)n2CC1. The standard InChI is InChI=1S/C20H21N5O/c26-19(13-15-5-4-11-21-14-15)22-17-8-9-18-23-24-20(25(18)12-10-17)16-6-2-1-3-7-16/h1-7,11,14,17H,8-10,12-13H2,(H,22,26). The summed E-state index contributed by atoms with van der Waals surface area (Å²) in [6.45, 7) is 0.810. The van der Waals surface area contributed by atoms with E-state index >= 15 is 0 Å². The lowest BCUT2D eigenvalue weighted by atomic mass is 10.1. The van der Waals surface area contributed by atoms with Gasteiger partial charge >= 0.3 is 0 Å². The highest BCUT2D eigenvalue weighted by molar-refractivity contribution is 5.78. The molecule has 1 N–H and O–H groups in total. The number of amides is 1. The van der Waals surface area contributed by atoms with Gasteiger partial charge in [-0.2, -0.15) is 0 Å². The van der Waals surface area contributed by atoms with Crippen molar-refractivity contribution in [3.05, 3.63) is 66.2 Å². The minimum atomic E-state index is 0.0453. The fraction of sp³-hybridized carbons (Fsp3) is 0.300. The van der Waals surface area contributed by atoms with Crippen molar-refractivity contribution in [1.29, 1.82) is 0 Å². The number of benzene rings is 1. The van der Waals surface area contributed by atoms with Crippen LogP contribution in [-0.2, 0) is 24.2 Å². The fourth-order valence-corrected chi connectivity index (χ4v) is 3.40. The van der Waals surface area contributed by atoms with Crippen molar-refractivity contribution in [2.75, 3.05) is 0 Å². The van der Waals surface area contributed by atoms with Gasteiger partial charge in [-0.15, -0.1) is 10.2 Å². The maximum atomic E-state index is 12.3. The number of hydrogen-bond donors (Lipinski definition) is 1. The first-order valence-electron chi connectivity index (χ1n) is 8.95. The van der Waals surface area contributed by atoms with Gasteiger partial charge in [0.25, 0.3) is 0 Å². The molecule has 1 aliphatic heterocycles. The molecule has 1 unspecified atom stereocenters.